The second-order valence-corrected chi connectivity index (χ2v) is 10.6. The van der Waals surface area contributed by atoms with Crippen LogP contribution >= 0.6 is 0 Å². The molecule has 14 heteroatoms. The molecule has 2 fully saturated rings. The number of hydrogen-bond acceptors (Lipinski definition) is 4. The van der Waals surface area contributed by atoms with Crippen LogP contribution in [0.4, 0.5) is 39.5 Å². The minimum atomic E-state index is -5.11. The van der Waals surface area contributed by atoms with Crippen molar-refractivity contribution < 1.29 is 49.0 Å². The molecule has 0 unspecified atom stereocenters. The molecule has 1 atom stereocenters. The molecule has 2 heterocycles. The lowest BCUT2D eigenvalue weighted by atomic mass is 9.98. The number of ether oxygens (including phenoxy) is 1. The van der Waals surface area contributed by atoms with Crippen LogP contribution in [0.15, 0.2) is 36.4 Å². The maximum Gasteiger partial charge on any atom is 0.416 e. The highest BCUT2D eigenvalue weighted by molar-refractivity contribution is 5.95. The van der Waals surface area contributed by atoms with Gasteiger partial charge in [-0.2, -0.15) is 26.3 Å². The van der Waals surface area contributed by atoms with Gasteiger partial charge in [0.15, 0.2) is 11.6 Å². The Balaban J connectivity index is 1.58. The van der Waals surface area contributed by atoms with E-state index in [0.29, 0.717) is 30.8 Å². The topological polar surface area (TPSA) is 36.0 Å². The monoisotopic (exact) mass is 611 g/mol. The molecule has 5 nitrogen and oxygen atoms in total. The summed E-state index contributed by atoms with van der Waals surface area (Å²) in [5.41, 5.74) is -3.39. The number of benzene rings is 2. The van der Waals surface area contributed by atoms with E-state index in [0.717, 1.165) is 6.07 Å². The van der Waals surface area contributed by atoms with Crippen LogP contribution in [0.3, 0.4) is 0 Å². The van der Waals surface area contributed by atoms with Gasteiger partial charge in [-0.05, 0) is 42.3 Å². The lowest BCUT2D eigenvalue weighted by Gasteiger charge is -2.42. The SMILES string of the molecule is COc1cc(C[C@@H]2CN(CCN3CCC(F)(F)CC3)CCN2C(=O)c2cc(C(F)(F)F)cc(C(F)(F)F)c2)ccc1F. The fourth-order valence-corrected chi connectivity index (χ4v) is 5.30. The zero-order valence-electron chi connectivity index (χ0n) is 22.7. The quantitative estimate of drug-likeness (QED) is 0.362. The number of alkyl halides is 8. The maximum absolute atomic E-state index is 14.0. The Kier molecular flexibility index (Phi) is 9.36. The predicted molar refractivity (Wildman–Crippen MR) is 135 cm³/mol. The number of halogens is 9. The fourth-order valence-electron chi connectivity index (χ4n) is 5.30. The predicted octanol–water partition coefficient (Wildman–Crippen LogP) is 5.97. The van der Waals surface area contributed by atoms with Gasteiger partial charge in [0.25, 0.3) is 11.8 Å². The molecule has 42 heavy (non-hydrogen) atoms. The second-order valence-electron chi connectivity index (χ2n) is 10.6. The van der Waals surface area contributed by atoms with E-state index in [1.165, 1.54) is 24.1 Å². The van der Waals surface area contributed by atoms with Gasteiger partial charge in [-0.15, -0.1) is 0 Å². The average Bonchev–Trinajstić information content (AvgIpc) is 2.92. The molecule has 2 aromatic rings. The Morgan fingerprint density at radius 1 is 0.881 bits per heavy atom. The Morgan fingerprint density at radius 3 is 2.05 bits per heavy atom. The van der Waals surface area contributed by atoms with Gasteiger partial charge in [-0.25, -0.2) is 13.2 Å². The molecule has 232 valence electrons. The van der Waals surface area contributed by atoms with Gasteiger partial charge in [-0.3, -0.25) is 9.69 Å². The highest BCUT2D eigenvalue weighted by Crippen LogP contribution is 2.37. The fraction of sp³-hybridized carbons (Fsp3) is 0.536. The summed E-state index contributed by atoms with van der Waals surface area (Å²) in [4.78, 5) is 18.6. The van der Waals surface area contributed by atoms with Gasteiger partial charge < -0.3 is 14.5 Å². The van der Waals surface area contributed by atoms with Crippen LogP contribution in [0.5, 0.6) is 5.75 Å². The number of likely N-dealkylation sites (tertiary alicyclic amines) is 1. The van der Waals surface area contributed by atoms with Crippen molar-refractivity contribution in [2.45, 2.75) is 43.6 Å². The molecule has 4 rings (SSSR count). The number of amides is 1. The number of carbonyl (C=O) groups is 1. The van der Waals surface area contributed by atoms with Crippen molar-refractivity contribution >= 4 is 5.91 Å². The van der Waals surface area contributed by atoms with E-state index in [4.69, 9.17) is 4.74 Å². The van der Waals surface area contributed by atoms with Gasteiger partial charge in [0.1, 0.15) is 0 Å². The summed E-state index contributed by atoms with van der Waals surface area (Å²) in [6, 6.07) is 4.12. The summed E-state index contributed by atoms with van der Waals surface area (Å²) < 4.78 is 127. The average molecular weight is 612 g/mol. The molecule has 0 N–H and O–H groups in total. The molecule has 0 spiro atoms. The number of nitrogens with zero attached hydrogens (tertiary/aromatic N) is 3. The number of carbonyl (C=O) groups excluding carboxylic acids is 1. The standard InChI is InChI=1S/C28H30F9N3O2/c1-42-24-13-18(2-3-23(24)29)12-22-17-39(9-8-38-6-4-26(30,31)5-7-38)10-11-40(22)25(41)19-14-20(27(32,33)34)16-21(15-19)28(35,36)37/h2-3,13-16,22H,4-12,17H2,1H3/t22-/m1/s1. The van der Waals surface area contributed by atoms with Crippen molar-refractivity contribution in [1.29, 1.82) is 0 Å². The van der Waals surface area contributed by atoms with Crippen molar-refractivity contribution in [2.24, 2.45) is 0 Å². The number of rotatable bonds is 7. The van der Waals surface area contributed by atoms with Crippen molar-refractivity contribution in [3.05, 3.63) is 64.5 Å². The van der Waals surface area contributed by atoms with Crippen LogP contribution in [-0.4, -0.2) is 85.5 Å². The summed E-state index contributed by atoms with van der Waals surface area (Å²) >= 11 is 0. The largest absolute Gasteiger partial charge is 0.494 e. The number of piperidine rings is 1. The Hall–Kier alpha value is -3.00. The highest BCUT2D eigenvalue weighted by Gasteiger charge is 2.39. The normalized spacial score (nSPS) is 20.5. The van der Waals surface area contributed by atoms with Crippen LogP contribution in [0, 0.1) is 5.82 Å². The van der Waals surface area contributed by atoms with Crippen LogP contribution in [0.1, 0.15) is 39.9 Å². The third kappa shape index (κ3) is 7.88. The lowest BCUT2D eigenvalue weighted by molar-refractivity contribution is -0.143. The van der Waals surface area contributed by atoms with Gasteiger partial charge in [0.2, 0.25) is 0 Å². The zero-order valence-corrected chi connectivity index (χ0v) is 22.7. The summed E-state index contributed by atoms with van der Waals surface area (Å²) in [6.45, 7) is 1.85. The molecule has 0 radical (unpaired) electrons. The molecule has 2 aliphatic heterocycles. The molecular weight excluding hydrogens is 581 g/mol. The van der Waals surface area contributed by atoms with E-state index in [1.54, 1.807) is 0 Å². The van der Waals surface area contributed by atoms with E-state index in [1.807, 2.05) is 9.80 Å². The Bertz CT molecular complexity index is 1220. The van der Waals surface area contributed by atoms with Crippen LogP contribution < -0.4 is 4.74 Å². The first-order valence-electron chi connectivity index (χ1n) is 13.3. The number of hydrogen-bond donors (Lipinski definition) is 0. The van der Waals surface area contributed by atoms with E-state index < -0.39 is 52.7 Å². The van der Waals surface area contributed by atoms with Crippen LogP contribution in [-0.2, 0) is 18.8 Å². The molecule has 0 aromatic heterocycles. The Morgan fingerprint density at radius 2 is 1.48 bits per heavy atom. The minimum Gasteiger partial charge on any atom is -0.494 e. The number of piperazine rings is 1. The second kappa shape index (κ2) is 12.3. The van der Waals surface area contributed by atoms with Crippen molar-refractivity contribution in [2.75, 3.05) is 52.9 Å². The molecule has 0 aliphatic carbocycles. The van der Waals surface area contributed by atoms with Gasteiger partial charge in [0, 0.05) is 70.3 Å². The minimum absolute atomic E-state index is 0.00248. The van der Waals surface area contributed by atoms with Crippen molar-refractivity contribution in [3.8, 4) is 5.75 Å². The molecule has 2 saturated heterocycles. The van der Waals surface area contributed by atoms with E-state index in [-0.39, 0.29) is 63.8 Å². The third-order valence-corrected chi connectivity index (χ3v) is 7.67. The van der Waals surface area contributed by atoms with E-state index in [2.05, 4.69) is 0 Å². The molecule has 1 amide bonds. The Labute approximate surface area is 236 Å². The number of methoxy groups -OCH3 is 1. The summed E-state index contributed by atoms with van der Waals surface area (Å²) in [5, 5.41) is 0. The lowest BCUT2D eigenvalue weighted by Crippen LogP contribution is -2.57. The van der Waals surface area contributed by atoms with Gasteiger partial charge in [0.05, 0.1) is 18.2 Å². The third-order valence-electron chi connectivity index (χ3n) is 7.67. The molecule has 2 aliphatic rings. The van der Waals surface area contributed by atoms with Crippen LogP contribution in [0.2, 0.25) is 0 Å². The first-order chi connectivity index (χ1) is 19.6. The van der Waals surface area contributed by atoms with E-state index in [9.17, 15) is 44.3 Å². The molecular formula is C28H30F9N3O2. The smallest absolute Gasteiger partial charge is 0.416 e. The van der Waals surface area contributed by atoms with Crippen LogP contribution in [0.25, 0.3) is 0 Å². The molecule has 2 aromatic carbocycles. The van der Waals surface area contributed by atoms with Gasteiger partial charge in [-0.1, -0.05) is 6.07 Å². The zero-order chi connectivity index (χ0) is 30.9. The van der Waals surface area contributed by atoms with Crippen molar-refractivity contribution in [1.82, 2.24) is 14.7 Å². The maximum atomic E-state index is 14.0. The summed E-state index contributed by atoms with van der Waals surface area (Å²) in [5.74, 6) is -4.38. The van der Waals surface area contributed by atoms with Crippen molar-refractivity contribution in [3.63, 3.8) is 0 Å². The first kappa shape index (κ1) is 31.9. The molecule has 0 bridgehead atoms. The molecule has 0 saturated carbocycles. The highest BCUT2D eigenvalue weighted by atomic mass is 19.4. The van der Waals surface area contributed by atoms with E-state index >= 15 is 0 Å². The summed E-state index contributed by atoms with van der Waals surface area (Å²) in [6.07, 6.45) is -10.6. The van der Waals surface area contributed by atoms with Gasteiger partial charge >= 0.3 is 12.4 Å². The summed E-state index contributed by atoms with van der Waals surface area (Å²) in [7, 11) is 1.27. The first-order valence-corrected chi connectivity index (χ1v) is 13.3.